The standard InChI is InChI=1S/C32H28O9/c1-18(2)8-12-36-30-26-22(10-14-35-26)16-20-7-11-32(40-28(20)30)39-23(31(3,4)41-32)17-37-29-25-21(9-13-34-25)15-19-5-6-24(33)38-27(19)29/h5-11,13-16,23H,12,17H2,1-4H3. The molecule has 5 aromatic rings. The smallest absolute Gasteiger partial charge is 0.350 e. The first-order valence-corrected chi connectivity index (χ1v) is 13.3. The molecule has 2 unspecified atom stereocenters. The van der Waals surface area contributed by atoms with E-state index >= 15 is 0 Å². The van der Waals surface area contributed by atoms with Crippen molar-refractivity contribution in [3.8, 4) is 17.2 Å². The minimum atomic E-state index is -1.52. The van der Waals surface area contributed by atoms with Gasteiger partial charge in [-0.25, -0.2) is 4.79 Å². The first-order chi connectivity index (χ1) is 19.7. The molecule has 1 spiro atoms. The fourth-order valence-electron chi connectivity index (χ4n) is 5.15. The highest BCUT2D eigenvalue weighted by molar-refractivity contribution is 6.00. The molecule has 0 amide bonds. The maximum absolute atomic E-state index is 12.0. The molecule has 5 heterocycles. The van der Waals surface area contributed by atoms with Crippen LogP contribution in [0.15, 0.2) is 84.7 Å². The van der Waals surface area contributed by atoms with Crippen molar-refractivity contribution in [1.82, 2.24) is 0 Å². The van der Waals surface area contributed by atoms with Crippen LogP contribution in [-0.2, 0) is 9.47 Å². The van der Waals surface area contributed by atoms with E-state index in [4.69, 9.17) is 36.9 Å². The summed E-state index contributed by atoms with van der Waals surface area (Å²) in [6, 6.07) is 10.6. The third-order valence-corrected chi connectivity index (χ3v) is 7.26. The lowest BCUT2D eigenvalue weighted by Gasteiger charge is -2.31. The second-order valence-corrected chi connectivity index (χ2v) is 10.9. The Labute approximate surface area is 234 Å². The number of fused-ring (bicyclic) bond motifs is 4. The second-order valence-electron chi connectivity index (χ2n) is 10.9. The van der Waals surface area contributed by atoms with Gasteiger partial charge in [-0.1, -0.05) is 5.57 Å². The first kappa shape index (κ1) is 25.5. The number of benzene rings is 2. The van der Waals surface area contributed by atoms with Crippen LogP contribution in [0.3, 0.4) is 0 Å². The number of hydrogen-bond acceptors (Lipinski definition) is 9. The monoisotopic (exact) mass is 556 g/mol. The summed E-state index contributed by atoms with van der Waals surface area (Å²) in [5.41, 5.74) is 1.98. The van der Waals surface area contributed by atoms with Crippen LogP contribution >= 0.6 is 0 Å². The normalized spacial score (nSPS) is 20.9. The molecule has 0 saturated carbocycles. The molecular weight excluding hydrogens is 528 g/mol. The number of hydrogen-bond donors (Lipinski definition) is 0. The zero-order valence-electron chi connectivity index (χ0n) is 23.0. The molecule has 0 N–H and O–H groups in total. The molecule has 0 bridgehead atoms. The molecule has 9 heteroatoms. The van der Waals surface area contributed by atoms with Gasteiger partial charge >= 0.3 is 11.6 Å². The third-order valence-electron chi connectivity index (χ3n) is 7.26. The quantitative estimate of drug-likeness (QED) is 0.162. The van der Waals surface area contributed by atoms with Gasteiger partial charge < -0.3 is 36.9 Å². The Hall–Kier alpha value is -4.47. The van der Waals surface area contributed by atoms with E-state index in [2.05, 4.69) is 0 Å². The summed E-state index contributed by atoms with van der Waals surface area (Å²) in [7, 11) is 0. The van der Waals surface area contributed by atoms with Crippen LogP contribution in [0.4, 0.5) is 0 Å². The van der Waals surface area contributed by atoms with Crippen LogP contribution in [0, 0.1) is 0 Å². The van der Waals surface area contributed by atoms with Crippen molar-refractivity contribution in [3.05, 3.63) is 82.6 Å². The molecule has 2 aromatic carbocycles. The highest BCUT2D eigenvalue weighted by Crippen LogP contribution is 2.49. The minimum Gasteiger partial charge on any atom is -0.483 e. The second kappa shape index (κ2) is 9.29. The predicted molar refractivity (Wildman–Crippen MR) is 151 cm³/mol. The number of rotatable bonds is 6. The Morgan fingerprint density at radius 3 is 2.44 bits per heavy atom. The summed E-state index contributed by atoms with van der Waals surface area (Å²) in [5.74, 6) is -0.270. The molecule has 2 aliphatic rings. The van der Waals surface area contributed by atoms with Gasteiger partial charge in [-0.2, -0.15) is 0 Å². The number of allylic oxidation sites excluding steroid dienone is 1. The maximum Gasteiger partial charge on any atom is 0.350 e. The molecule has 1 saturated heterocycles. The van der Waals surface area contributed by atoms with E-state index in [0.717, 1.165) is 21.9 Å². The Morgan fingerprint density at radius 2 is 1.66 bits per heavy atom. The molecular formula is C32H28O9. The van der Waals surface area contributed by atoms with Gasteiger partial charge in [0.05, 0.1) is 18.1 Å². The summed E-state index contributed by atoms with van der Waals surface area (Å²) in [4.78, 5) is 12.0. The van der Waals surface area contributed by atoms with Crippen LogP contribution in [0.1, 0.15) is 33.3 Å². The molecule has 0 radical (unpaired) electrons. The molecule has 0 aliphatic carbocycles. The van der Waals surface area contributed by atoms with E-state index in [1.165, 1.54) is 6.07 Å². The van der Waals surface area contributed by atoms with Crippen LogP contribution in [0.25, 0.3) is 39.0 Å². The summed E-state index contributed by atoms with van der Waals surface area (Å²) < 4.78 is 48.6. The Kier molecular flexibility index (Phi) is 5.78. The van der Waals surface area contributed by atoms with Gasteiger partial charge in [0.15, 0.2) is 22.5 Å². The summed E-state index contributed by atoms with van der Waals surface area (Å²) in [6.07, 6.45) is 8.22. The van der Waals surface area contributed by atoms with Crippen molar-refractivity contribution in [2.24, 2.45) is 0 Å². The van der Waals surface area contributed by atoms with E-state index in [1.807, 2.05) is 64.1 Å². The molecule has 7 rings (SSSR count). The first-order valence-electron chi connectivity index (χ1n) is 13.3. The van der Waals surface area contributed by atoms with Gasteiger partial charge in [0.1, 0.15) is 19.3 Å². The average Bonchev–Trinajstić information content (AvgIpc) is 3.64. The maximum atomic E-state index is 12.0. The molecule has 9 nitrogen and oxygen atoms in total. The van der Waals surface area contributed by atoms with E-state index in [9.17, 15) is 4.79 Å². The number of ether oxygens (including phenoxy) is 5. The highest BCUT2D eigenvalue weighted by Gasteiger charge is 2.55. The number of furan rings is 2. The summed E-state index contributed by atoms with van der Waals surface area (Å²) >= 11 is 0. The van der Waals surface area contributed by atoms with Gasteiger partial charge in [0.2, 0.25) is 11.5 Å². The molecule has 210 valence electrons. The van der Waals surface area contributed by atoms with E-state index in [1.54, 1.807) is 24.7 Å². The Balaban J connectivity index is 1.20. The lowest BCUT2D eigenvalue weighted by molar-refractivity contribution is -0.271. The molecule has 1 fully saturated rings. The van der Waals surface area contributed by atoms with Crippen LogP contribution < -0.4 is 19.8 Å². The predicted octanol–water partition coefficient (Wildman–Crippen LogP) is 6.96. The zero-order valence-corrected chi connectivity index (χ0v) is 23.0. The van der Waals surface area contributed by atoms with Gasteiger partial charge in [-0.15, -0.1) is 0 Å². The van der Waals surface area contributed by atoms with Crippen molar-refractivity contribution in [3.63, 3.8) is 0 Å². The van der Waals surface area contributed by atoms with E-state index in [0.29, 0.717) is 46.0 Å². The average molecular weight is 557 g/mol. The zero-order chi connectivity index (χ0) is 28.4. The van der Waals surface area contributed by atoms with Gasteiger partial charge in [0.25, 0.3) is 0 Å². The summed E-state index contributed by atoms with van der Waals surface area (Å²) in [5, 5.41) is 2.43. The van der Waals surface area contributed by atoms with Crippen LogP contribution in [-0.4, -0.2) is 30.9 Å². The van der Waals surface area contributed by atoms with Crippen molar-refractivity contribution < 1.29 is 36.9 Å². The summed E-state index contributed by atoms with van der Waals surface area (Å²) in [6.45, 7) is 8.22. The molecule has 2 atom stereocenters. The van der Waals surface area contributed by atoms with Crippen LogP contribution in [0.5, 0.6) is 17.2 Å². The van der Waals surface area contributed by atoms with Crippen LogP contribution in [0.2, 0.25) is 0 Å². The van der Waals surface area contributed by atoms with Gasteiger partial charge in [-0.3, -0.25) is 0 Å². The lowest BCUT2D eigenvalue weighted by atomic mass is 10.0. The highest BCUT2D eigenvalue weighted by atomic mass is 16.9. The van der Waals surface area contributed by atoms with Crippen molar-refractivity contribution in [1.29, 1.82) is 0 Å². The third kappa shape index (κ3) is 4.38. The lowest BCUT2D eigenvalue weighted by Crippen LogP contribution is -2.39. The van der Waals surface area contributed by atoms with Gasteiger partial charge in [0, 0.05) is 33.9 Å². The fraction of sp³-hybridized carbons (Fsp3) is 0.281. The largest absolute Gasteiger partial charge is 0.483 e. The van der Waals surface area contributed by atoms with Crippen molar-refractivity contribution in [2.75, 3.05) is 13.2 Å². The SMILES string of the molecule is CC(C)=CCOc1c2c(cc3ccoc13)C=CC1(O2)OC(COc2c3occc3cc3ccc(=O)oc23)C(C)(C)O1. The van der Waals surface area contributed by atoms with E-state index < -0.39 is 23.3 Å². The molecule has 41 heavy (non-hydrogen) atoms. The Bertz CT molecular complexity index is 1910. The minimum absolute atomic E-state index is 0.0630. The van der Waals surface area contributed by atoms with Crippen molar-refractivity contribution >= 4 is 39.0 Å². The van der Waals surface area contributed by atoms with Crippen molar-refractivity contribution in [2.45, 2.75) is 45.4 Å². The molecule has 2 aliphatic heterocycles. The van der Waals surface area contributed by atoms with E-state index in [-0.39, 0.29) is 6.61 Å². The Morgan fingerprint density at radius 1 is 0.927 bits per heavy atom. The fourth-order valence-corrected chi connectivity index (χ4v) is 5.15. The topological polar surface area (TPSA) is 103 Å². The van der Waals surface area contributed by atoms with Gasteiger partial charge in [-0.05, 0) is 70.2 Å². The molecule has 3 aromatic heterocycles.